The van der Waals surface area contributed by atoms with Crippen LogP contribution in [-0.4, -0.2) is 36.0 Å². The lowest BCUT2D eigenvalue weighted by Gasteiger charge is -2.08. The molecule has 7 nitrogen and oxygen atoms in total. The van der Waals surface area contributed by atoms with Crippen LogP contribution in [-0.2, 0) is 4.79 Å². The van der Waals surface area contributed by atoms with Crippen LogP contribution in [0, 0.1) is 0 Å². The van der Waals surface area contributed by atoms with Gasteiger partial charge >= 0.3 is 0 Å². The molecule has 4 aromatic rings. The average Bonchev–Trinajstić information content (AvgIpc) is 3.28. The van der Waals surface area contributed by atoms with E-state index in [0.29, 0.717) is 17.1 Å². The van der Waals surface area contributed by atoms with Crippen molar-refractivity contribution in [3.63, 3.8) is 0 Å². The summed E-state index contributed by atoms with van der Waals surface area (Å²) in [5, 5.41) is 11.5. The molecule has 1 amide bonds. The van der Waals surface area contributed by atoms with Gasteiger partial charge in [-0.25, -0.2) is 5.43 Å². The van der Waals surface area contributed by atoms with E-state index >= 15 is 0 Å². The number of methoxy groups -OCH3 is 1. The number of rotatable bonds is 8. The minimum Gasteiger partial charge on any atom is -0.497 e. The molecule has 0 fully saturated rings. The number of benzene rings is 3. The maximum atomic E-state index is 12.3. The van der Waals surface area contributed by atoms with Gasteiger partial charge in [-0.2, -0.15) is 10.2 Å². The number of aromatic amines is 1. The van der Waals surface area contributed by atoms with Crippen LogP contribution in [0.4, 0.5) is 0 Å². The van der Waals surface area contributed by atoms with E-state index in [1.807, 2.05) is 84.9 Å². The molecule has 0 aliphatic rings. The molecule has 0 spiro atoms. The molecule has 1 aromatic heterocycles. The summed E-state index contributed by atoms with van der Waals surface area (Å²) in [5.41, 5.74) is 6.46. The van der Waals surface area contributed by atoms with Crippen LogP contribution in [0.3, 0.4) is 0 Å². The fraction of sp³-hybridized carbons (Fsp3) is 0.0800. The Kier molecular flexibility index (Phi) is 6.57. The van der Waals surface area contributed by atoms with Gasteiger partial charge in [-0.1, -0.05) is 60.7 Å². The SMILES string of the molecule is COc1ccc(/C=N/NC(=O)COc2c(-c3ccccc3)n[nH]c2-c2ccccc2)cc1. The van der Waals surface area contributed by atoms with Crippen molar-refractivity contribution in [3.8, 4) is 34.0 Å². The van der Waals surface area contributed by atoms with Gasteiger partial charge in [0.2, 0.25) is 0 Å². The minimum absolute atomic E-state index is 0.209. The topological polar surface area (TPSA) is 88.6 Å². The van der Waals surface area contributed by atoms with Crippen molar-refractivity contribution >= 4 is 12.1 Å². The Morgan fingerprint density at radius 1 is 0.969 bits per heavy atom. The second-order valence-corrected chi connectivity index (χ2v) is 6.86. The van der Waals surface area contributed by atoms with Gasteiger partial charge < -0.3 is 9.47 Å². The number of nitrogens with one attached hydrogen (secondary N) is 2. The monoisotopic (exact) mass is 426 g/mol. The molecule has 2 N–H and O–H groups in total. The summed E-state index contributed by atoms with van der Waals surface area (Å²) < 4.78 is 11.0. The number of H-pyrrole nitrogens is 1. The van der Waals surface area contributed by atoms with Crippen molar-refractivity contribution in [2.75, 3.05) is 13.7 Å². The first-order valence-electron chi connectivity index (χ1n) is 10.0. The van der Waals surface area contributed by atoms with Crippen LogP contribution < -0.4 is 14.9 Å². The second kappa shape index (κ2) is 10.1. The molecule has 4 rings (SSSR count). The highest BCUT2D eigenvalue weighted by molar-refractivity contribution is 5.84. The van der Waals surface area contributed by atoms with Gasteiger partial charge in [-0.15, -0.1) is 0 Å². The first kappa shape index (κ1) is 20.9. The zero-order valence-electron chi connectivity index (χ0n) is 17.5. The number of amides is 1. The highest BCUT2D eigenvalue weighted by Crippen LogP contribution is 2.36. The maximum absolute atomic E-state index is 12.3. The van der Waals surface area contributed by atoms with E-state index < -0.39 is 0 Å². The number of aromatic nitrogens is 2. The predicted molar refractivity (Wildman–Crippen MR) is 124 cm³/mol. The van der Waals surface area contributed by atoms with Crippen LogP contribution in [0.2, 0.25) is 0 Å². The Morgan fingerprint density at radius 2 is 1.62 bits per heavy atom. The zero-order valence-corrected chi connectivity index (χ0v) is 17.5. The summed E-state index contributed by atoms with van der Waals surface area (Å²) in [4.78, 5) is 12.3. The Balaban J connectivity index is 1.47. The standard InChI is InChI=1S/C25H22N4O3/c1-31-21-14-12-18(13-15-21)16-26-27-22(30)17-32-25-23(19-8-4-2-5-9-19)28-29-24(25)20-10-6-3-7-11-20/h2-16H,17H2,1H3,(H,27,30)(H,28,29)/b26-16+. The summed E-state index contributed by atoms with van der Waals surface area (Å²) in [5.74, 6) is 0.883. The summed E-state index contributed by atoms with van der Waals surface area (Å²) in [6.07, 6.45) is 1.56. The second-order valence-electron chi connectivity index (χ2n) is 6.86. The molecule has 32 heavy (non-hydrogen) atoms. The molecule has 0 bridgehead atoms. The highest BCUT2D eigenvalue weighted by Gasteiger charge is 2.18. The Bertz CT molecular complexity index is 1130. The molecule has 0 aliphatic carbocycles. The first-order chi connectivity index (χ1) is 15.7. The van der Waals surface area contributed by atoms with Crippen molar-refractivity contribution in [2.24, 2.45) is 5.10 Å². The van der Waals surface area contributed by atoms with Crippen molar-refractivity contribution in [2.45, 2.75) is 0 Å². The van der Waals surface area contributed by atoms with Crippen LogP contribution in [0.15, 0.2) is 90.0 Å². The van der Waals surface area contributed by atoms with E-state index in [0.717, 1.165) is 22.4 Å². The van der Waals surface area contributed by atoms with E-state index in [1.54, 1.807) is 13.3 Å². The summed E-state index contributed by atoms with van der Waals surface area (Å²) in [7, 11) is 1.61. The zero-order chi connectivity index (χ0) is 22.2. The molecule has 0 unspecified atom stereocenters. The number of hydrazone groups is 1. The Morgan fingerprint density at radius 3 is 2.28 bits per heavy atom. The molecular weight excluding hydrogens is 404 g/mol. The third-order valence-corrected chi connectivity index (χ3v) is 4.70. The Labute approximate surface area is 185 Å². The van der Waals surface area contributed by atoms with Crippen molar-refractivity contribution in [1.82, 2.24) is 15.6 Å². The highest BCUT2D eigenvalue weighted by atomic mass is 16.5. The lowest BCUT2D eigenvalue weighted by molar-refractivity contribution is -0.123. The van der Waals surface area contributed by atoms with Crippen LogP contribution >= 0.6 is 0 Å². The molecule has 0 saturated carbocycles. The van der Waals surface area contributed by atoms with Gasteiger partial charge in [0.25, 0.3) is 5.91 Å². The number of hydrogen-bond donors (Lipinski definition) is 2. The molecule has 160 valence electrons. The van der Waals surface area contributed by atoms with Gasteiger partial charge in [0.15, 0.2) is 12.4 Å². The molecule has 7 heteroatoms. The van der Waals surface area contributed by atoms with Crippen molar-refractivity contribution in [1.29, 1.82) is 0 Å². The van der Waals surface area contributed by atoms with Gasteiger partial charge in [-0.3, -0.25) is 9.89 Å². The molecule has 0 aliphatic heterocycles. The van der Waals surface area contributed by atoms with E-state index in [9.17, 15) is 4.79 Å². The lowest BCUT2D eigenvalue weighted by Crippen LogP contribution is -2.24. The summed E-state index contributed by atoms with van der Waals surface area (Å²) in [6.45, 7) is -0.209. The number of ether oxygens (including phenoxy) is 2. The van der Waals surface area contributed by atoms with Crippen molar-refractivity contribution in [3.05, 3.63) is 90.5 Å². The molecule has 0 atom stereocenters. The predicted octanol–water partition coefficient (Wildman–Crippen LogP) is 4.28. The number of carbonyl (C=O) groups is 1. The van der Waals surface area contributed by atoms with Gasteiger partial charge in [0, 0.05) is 11.1 Å². The van der Waals surface area contributed by atoms with E-state index in [4.69, 9.17) is 9.47 Å². The third kappa shape index (κ3) is 5.02. The molecule has 1 heterocycles. The van der Waals surface area contributed by atoms with Gasteiger partial charge in [0.05, 0.1) is 13.3 Å². The average molecular weight is 426 g/mol. The fourth-order valence-electron chi connectivity index (χ4n) is 3.10. The molecule has 3 aromatic carbocycles. The minimum atomic E-state index is -0.381. The van der Waals surface area contributed by atoms with Gasteiger partial charge in [-0.05, 0) is 29.8 Å². The normalized spacial score (nSPS) is 10.8. The van der Waals surface area contributed by atoms with Crippen LogP contribution in [0.1, 0.15) is 5.56 Å². The van der Waals surface area contributed by atoms with E-state index in [2.05, 4.69) is 20.7 Å². The van der Waals surface area contributed by atoms with Crippen LogP contribution in [0.25, 0.3) is 22.5 Å². The van der Waals surface area contributed by atoms with Gasteiger partial charge in [0.1, 0.15) is 17.1 Å². The third-order valence-electron chi connectivity index (χ3n) is 4.70. The fourth-order valence-corrected chi connectivity index (χ4v) is 3.10. The number of carbonyl (C=O) groups excluding carboxylic acids is 1. The summed E-state index contributed by atoms with van der Waals surface area (Å²) in [6, 6.07) is 26.7. The molecular formula is C25H22N4O3. The van der Waals surface area contributed by atoms with Crippen molar-refractivity contribution < 1.29 is 14.3 Å². The van der Waals surface area contributed by atoms with E-state index in [-0.39, 0.29) is 12.5 Å². The largest absolute Gasteiger partial charge is 0.497 e. The number of nitrogens with zero attached hydrogens (tertiary/aromatic N) is 2. The van der Waals surface area contributed by atoms with E-state index in [1.165, 1.54) is 0 Å². The maximum Gasteiger partial charge on any atom is 0.277 e. The first-order valence-corrected chi connectivity index (χ1v) is 10.0. The molecule has 0 saturated heterocycles. The quantitative estimate of drug-likeness (QED) is 0.325. The molecule has 0 radical (unpaired) electrons. The van der Waals surface area contributed by atoms with Crippen LogP contribution in [0.5, 0.6) is 11.5 Å². The lowest BCUT2D eigenvalue weighted by atomic mass is 10.1. The number of hydrogen-bond acceptors (Lipinski definition) is 5. The smallest absolute Gasteiger partial charge is 0.277 e. The summed E-state index contributed by atoms with van der Waals surface area (Å²) >= 11 is 0. The Hall–Kier alpha value is -4.39.